The zero-order valence-electron chi connectivity index (χ0n) is 10.6. The lowest BCUT2D eigenvalue weighted by Gasteiger charge is -2.06. The molecule has 0 unspecified atom stereocenters. The zero-order valence-corrected chi connectivity index (χ0v) is 11.4. The predicted molar refractivity (Wildman–Crippen MR) is 72.1 cm³/mol. The molecule has 0 radical (unpaired) electrons. The van der Waals surface area contributed by atoms with Crippen molar-refractivity contribution in [3.63, 3.8) is 0 Å². The SMILES string of the molecule is CNC(=O)Cn1c(SCC(=O)O)nc2c(F)cccc21. The number of aromatic nitrogens is 2. The summed E-state index contributed by atoms with van der Waals surface area (Å²) in [6, 6.07) is 4.43. The maximum absolute atomic E-state index is 13.7. The first-order valence-corrected chi connectivity index (χ1v) is 6.71. The number of amides is 1. The maximum atomic E-state index is 13.7. The van der Waals surface area contributed by atoms with Crippen LogP contribution in [-0.2, 0) is 16.1 Å². The van der Waals surface area contributed by atoms with Crippen LogP contribution in [0.3, 0.4) is 0 Å². The number of carbonyl (C=O) groups excluding carboxylic acids is 1. The van der Waals surface area contributed by atoms with Crippen molar-refractivity contribution in [2.24, 2.45) is 0 Å². The second-order valence-electron chi connectivity index (χ2n) is 3.94. The Labute approximate surface area is 118 Å². The normalized spacial score (nSPS) is 10.7. The van der Waals surface area contributed by atoms with E-state index in [1.807, 2.05) is 0 Å². The quantitative estimate of drug-likeness (QED) is 0.807. The number of fused-ring (bicyclic) bond motifs is 1. The molecule has 1 amide bonds. The van der Waals surface area contributed by atoms with Crippen molar-refractivity contribution in [2.75, 3.05) is 12.8 Å². The van der Waals surface area contributed by atoms with Gasteiger partial charge < -0.3 is 15.0 Å². The highest BCUT2D eigenvalue weighted by Crippen LogP contribution is 2.25. The summed E-state index contributed by atoms with van der Waals surface area (Å²) in [6.07, 6.45) is 0. The van der Waals surface area contributed by atoms with Gasteiger partial charge in [0.2, 0.25) is 5.91 Å². The molecule has 0 bridgehead atoms. The molecule has 0 saturated heterocycles. The Hall–Kier alpha value is -2.09. The summed E-state index contributed by atoms with van der Waals surface area (Å²) in [4.78, 5) is 26.2. The van der Waals surface area contributed by atoms with E-state index in [2.05, 4.69) is 10.3 Å². The molecular formula is C12H12FN3O3S. The van der Waals surface area contributed by atoms with E-state index in [0.717, 1.165) is 11.8 Å². The van der Waals surface area contributed by atoms with Crippen molar-refractivity contribution in [1.29, 1.82) is 0 Å². The summed E-state index contributed by atoms with van der Waals surface area (Å²) in [7, 11) is 1.49. The number of carboxylic acid groups (broad SMARTS) is 1. The first-order chi connectivity index (χ1) is 9.52. The van der Waals surface area contributed by atoms with E-state index in [1.54, 1.807) is 6.07 Å². The van der Waals surface area contributed by atoms with Gasteiger partial charge in [0.25, 0.3) is 0 Å². The standard InChI is InChI=1S/C12H12FN3O3S/c1-14-9(17)5-16-8-4-2-3-7(13)11(8)15-12(16)20-6-10(18)19/h2-4H,5-6H2,1H3,(H,14,17)(H,18,19). The fourth-order valence-electron chi connectivity index (χ4n) is 1.70. The first-order valence-electron chi connectivity index (χ1n) is 5.73. The van der Waals surface area contributed by atoms with Crippen LogP contribution in [-0.4, -0.2) is 39.3 Å². The van der Waals surface area contributed by atoms with E-state index in [1.165, 1.54) is 23.7 Å². The Morgan fingerprint density at radius 1 is 1.50 bits per heavy atom. The number of carboxylic acids is 1. The lowest BCUT2D eigenvalue weighted by Crippen LogP contribution is -2.23. The molecule has 1 aromatic carbocycles. The van der Waals surface area contributed by atoms with Crippen LogP contribution < -0.4 is 5.32 Å². The minimum absolute atomic E-state index is 0.0432. The smallest absolute Gasteiger partial charge is 0.313 e. The first kappa shape index (κ1) is 14.3. The summed E-state index contributed by atoms with van der Waals surface area (Å²) in [6.45, 7) is -0.0432. The molecule has 0 aliphatic rings. The summed E-state index contributed by atoms with van der Waals surface area (Å²) in [5.74, 6) is -1.99. The van der Waals surface area contributed by atoms with E-state index in [9.17, 15) is 14.0 Å². The second kappa shape index (κ2) is 5.91. The van der Waals surface area contributed by atoms with Gasteiger partial charge in [-0.3, -0.25) is 9.59 Å². The number of rotatable bonds is 5. The van der Waals surface area contributed by atoms with Crippen LogP contribution in [0.25, 0.3) is 11.0 Å². The maximum Gasteiger partial charge on any atom is 0.313 e. The van der Waals surface area contributed by atoms with Crippen LogP contribution in [0.4, 0.5) is 4.39 Å². The molecule has 20 heavy (non-hydrogen) atoms. The lowest BCUT2D eigenvalue weighted by atomic mass is 10.3. The molecule has 8 heteroatoms. The number of imidazole rings is 1. The Kier molecular flexibility index (Phi) is 4.23. The van der Waals surface area contributed by atoms with Crippen LogP contribution in [0.1, 0.15) is 0 Å². The van der Waals surface area contributed by atoms with Crippen molar-refractivity contribution in [3.8, 4) is 0 Å². The summed E-state index contributed by atoms with van der Waals surface area (Å²) in [5, 5.41) is 11.5. The second-order valence-corrected chi connectivity index (χ2v) is 4.89. The van der Waals surface area contributed by atoms with E-state index in [4.69, 9.17) is 5.11 Å². The van der Waals surface area contributed by atoms with Gasteiger partial charge in [0.1, 0.15) is 12.1 Å². The average molecular weight is 297 g/mol. The van der Waals surface area contributed by atoms with Gasteiger partial charge >= 0.3 is 5.97 Å². The minimum atomic E-state index is -1.01. The van der Waals surface area contributed by atoms with E-state index in [0.29, 0.717) is 10.7 Å². The van der Waals surface area contributed by atoms with Crippen LogP contribution in [0.2, 0.25) is 0 Å². The van der Waals surface area contributed by atoms with E-state index in [-0.39, 0.29) is 23.7 Å². The average Bonchev–Trinajstić information content (AvgIpc) is 2.76. The topological polar surface area (TPSA) is 84.2 Å². The number of nitrogens with one attached hydrogen (secondary N) is 1. The molecule has 0 saturated carbocycles. The number of likely N-dealkylation sites (N-methyl/N-ethyl adjacent to an activating group) is 1. The Bertz CT molecular complexity index is 671. The number of aliphatic carboxylic acids is 1. The molecule has 1 heterocycles. The van der Waals surface area contributed by atoms with Crippen LogP contribution in [0.5, 0.6) is 0 Å². The largest absolute Gasteiger partial charge is 0.481 e. The molecule has 0 spiro atoms. The lowest BCUT2D eigenvalue weighted by molar-refractivity contribution is -0.133. The molecule has 6 nitrogen and oxygen atoms in total. The molecule has 0 fully saturated rings. The third-order valence-corrected chi connectivity index (χ3v) is 3.56. The van der Waals surface area contributed by atoms with Gasteiger partial charge in [-0.15, -0.1) is 0 Å². The Balaban J connectivity index is 2.47. The van der Waals surface area contributed by atoms with Crippen molar-refractivity contribution in [1.82, 2.24) is 14.9 Å². The third kappa shape index (κ3) is 2.90. The third-order valence-electron chi connectivity index (χ3n) is 2.60. The Morgan fingerprint density at radius 3 is 2.90 bits per heavy atom. The van der Waals surface area contributed by atoms with Crippen molar-refractivity contribution in [3.05, 3.63) is 24.0 Å². The summed E-state index contributed by atoms with van der Waals surface area (Å²) >= 11 is 0.948. The van der Waals surface area contributed by atoms with Gasteiger partial charge in [-0.05, 0) is 12.1 Å². The van der Waals surface area contributed by atoms with Gasteiger partial charge in [-0.2, -0.15) is 0 Å². The van der Waals surface area contributed by atoms with Gasteiger partial charge in [-0.25, -0.2) is 9.37 Å². The van der Waals surface area contributed by atoms with Gasteiger partial charge in [0.15, 0.2) is 11.0 Å². The van der Waals surface area contributed by atoms with Crippen molar-refractivity contribution < 1.29 is 19.1 Å². The molecule has 2 aromatic rings. The molecule has 0 aliphatic carbocycles. The number of carbonyl (C=O) groups is 2. The molecule has 1 aromatic heterocycles. The molecule has 0 atom stereocenters. The number of hydrogen-bond acceptors (Lipinski definition) is 4. The number of hydrogen-bond donors (Lipinski definition) is 2. The van der Waals surface area contributed by atoms with Crippen LogP contribution >= 0.6 is 11.8 Å². The van der Waals surface area contributed by atoms with Gasteiger partial charge in [0, 0.05) is 7.05 Å². The Morgan fingerprint density at radius 2 is 2.25 bits per heavy atom. The van der Waals surface area contributed by atoms with Crippen molar-refractivity contribution in [2.45, 2.75) is 11.7 Å². The highest BCUT2D eigenvalue weighted by molar-refractivity contribution is 7.99. The molecule has 106 valence electrons. The molecule has 0 aliphatic heterocycles. The number of thioether (sulfide) groups is 1. The number of para-hydroxylation sites is 1. The predicted octanol–water partition coefficient (Wildman–Crippen LogP) is 1.10. The fraction of sp³-hybridized carbons (Fsp3) is 0.250. The van der Waals surface area contributed by atoms with Gasteiger partial charge in [-0.1, -0.05) is 17.8 Å². The monoisotopic (exact) mass is 297 g/mol. The number of benzene rings is 1. The van der Waals surface area contributed by atoms with Gasteiger partial charge in [0.05, 0.1) is 11.3 Å². The molecule has 2 rings (SSSR count). The molecule has 2 N–H and O–H groups in total. The summed E-state index contributed by atoms with van der Waals surface area (Å²) in [5.41, 5.74) is 0.589. The van der Waals surface area contributed by atoms with Crippen molar-refractivity contribution >= 4 is 34.7 Å². The highest BCUT2D eigenvalue weighted by atomic mass is 32.2. The fourth-order valence-corrected chi connectivity index (χ4v) is 2.43. The van der Waals surface area contributed by atoms with E-state index >= 15 is 0 Å². The van der Waals surface area contributed by atoms with E-state index < -0.39 is 11.8 Å². The van der Waals surface area contributed by atoms with Crippen LogP contribution in [0.15, 0.2) is 23.4 Å². The zero-order chi connectivity index (χ0) is 14.7. The summed E-state index contributed by atoms with van der Waals surface area (Å²) < 4.78 is 15.2. The van der Waals surface area contributed by atoms with Crippen LogP contribution in [0, 0.1) is 5.82 Å². The number of nitrogens with zero attached hydrogens (tertiary/aromatic N) is 2. The highest BCUT2D eigenvalue weighted by Gasteiger charge is 2.16. The molecular weight excluding hydrogens is 285 g/mol. The minimum Gasteiger partial charge on any atom is -0.481 e. The number of halogens is 1.